The number of nitrogens with zero attached hydrogens (tertiary/aromatic N) is 2. The molecular formula is C20H29N5O. The first kappa shape index (κ1) is 18.6. The molecule has 1 aromatic carbocycles. The van der Waals surface area contributed by atoms with Crippen LogP contribution in [0.4, 0.5) is 5.95 Å². The van der Waals surface area contributed by atoms with E-state index in [9.17, 15) is 4.79 Å². The van der Waals surface area contributed by atoms with E-state index in [0.29, 0.717) is 5.95 Å². The summed E-state index contributed by atoms with van der Waals surface area (Å²) < 4.78 is 0. The van der Waals surface area contributed by atoms with Gasteiger partial charge in [0.2, 0.25) is 11.9 Å². The van der Waals surface area contributed by atoms with E-state index < -0.39 is 0 Å². The Hall–Kier alpha value is -2.21. The Morgan fingerprint density at radius 2 is 2.04 bits per heavy atom. The van der Waals surface area contributed by atoms with Crippen LogP contribution in [0.15, 0.2) is 18.2 Å². The second kappa shape index (κ2) is 7.99. The Bertz CT molecular complexity index is 791. The number of carbonyl (C=O) groups excluding carboxylic acids is 1. The van der Waals surface area contributed by atoms with E-state index in [1.807, 2.05) is 13.0 Å². The maximum Gasteiger partial charge on any atom is 0.227 e. The van der Waals surface area contributed by atoms with Gasteiger partial charge in [-0.25, -0.2) is 9.97 Å². The zero-order valence-electron chi connectivity index (χ0n) is 16.1. The van der Waals surface area contributed by atoms with Crippen LogP contribution in [0.3, 0.4) is 0 Å². The van der Waals surface area contributed by atoms with Crippen molar-refractivity contribution in [3.8, 4) is 0 Å². The molecule has 2 heterocycles. The lowest BCUT2D eigenvalue weighted by molar-refractivity contribution is -0.129. The summed E-state index contributed by atoms with van der Waals surface area (Å²) in [6.07, 6.45) is 3.71. The molecule has 6 heteroatoms. The molecule has 3 rings (SSSR count). The molecule has 6 nitrogen and oxygen atoms in total. The molecule has 0 saturated carbocycles. The molecule has 0 aliphatic carbocycles. The van der Waals surface area contributed by atoms with Crippen LogP contribution >= 0.6 is 0 Å². The van der Waals surface area contributed by atoms with Crippen LogP contribution in [0, 0.1) is 12.8 Å². The summed E-state index contributed by atoms with van der Waals surface area (Å²) in [5, 5.41) is 10.7. The number of unbranched alkanes of at least 4 members (excludes halogenated alkanes) is 1. The van der Waals surface area contributed by atoms with Crippen molar-refractivity contribution in [1.29, 1.82) is 0 Å². The van der Waals surface area contributed by atoms with Crippen molar-refractivity contribution in [2.24, 2.45) is 5.92 Å². The van der Waals surface area contributed by atoms with Crippen LogP contribution in [-0.2, 0) is 11.2 Å². The summed E-state index contributed by atoms with van der Waals surface area (Å²) in [6.45, 7) is 8.34. The molecule has 3 unspecified atom stereocenters. The molecule has 0 bridgehead atoms. The molecule has 0 spiro atoms. The minimum atomic E-state index is -0.359. The molecule has 3 atom stereocenters. The molecular weight excluding hydrogens is 326 g/mol. The standard InChI is InChI=1S/C20H29N5O/c1-5-7-8-15-12(3)21-20(24-18(15)26)25-19-22-13(4)16-11-14(6-2)9-10-17(16)23-19/h9-12,15,20-21H,5-8H2,1-4H3,(H,24,26)(H,22,23,25). The molecule has 1 aliphatic rings. The number of benzene rings is 1. The van der Waals surface area contributed by atoms with Crippen LogP contribution in [0.1, 0.15) is 51.3 Å². The van der Waals surface area contributed by atoms with Crippen molar-refractivity contribution in [1.82, 2.24) is 20.6 Å². The van der Waals surface area contributed by atoms with Gasteiger partial charge in [-0.3, -0.25) is 10.1 Å². The number of amides is 1. The number of nitrogens with one attached hydrogen (secondary N) is 3. The van der Waals surface area contributed by atoms with Crippen molar-refractivity contribution >= 4 is 22.8 Å². The number of anilines is 1. The van der Waals surface area contributed by atoms with E-state index in [4.69, 9.17) is 0 Å². The normalized spacial score (nSPS) is 23.1. The fraction of sp³-hybridized carbons (Fsp3) is 0.550. The van der Waals surface area contributed by atoms with Gasteiger partial charge in [0.1, 0.15) is 0 Å². The molecule has 2 aromatic rings. The van der Waals surface area contributed by atoms with E-state index in [1.165, 1.54) is 5.56 Å². The number of carbonyl (C=O) groups is 1. The number of rotatable bonds is 6. The summed E-state index contributed by atoms with van der Waals surface area (Å²) in [5.74, 6) is 0.628. The molecule has 1 aromatic heterocycles. The molecule has 0 radical (unpaired) electrons. The van der Waals surface area contributed by atoms with Gasteiger partial charge in [-0.05, 0) is 44.4 Å². The van der Waals surface area contributed by atoms with Gasteiger partial charge in [0, 0.05) is 11.4 Å². The maximum absolute atomic E-state index is 12.4. The SMILES string of the molecule is CCCCC1C(=O)NC(Nc2nc(C)c3cc(CC)ccc3n2)NC1C. The van der Waals surface area contributed by atoms with E-state index in [2.05, 4.69) is 58.8 Å². The smallest absolute Gasteiger partial charge is 0.227 e. The monoisotopic (exact) mass is 355 g/mol. The second-order valence-corrected chi connectivity index (χ2v) is 7.13. The van der Waals surface area contributed by atoms with E-state index in [-0.39, 0.29) is 24.2 Å². The molecule has 1 fully saturated rings. The van der Waals surface area contributed by atoms with Gasteiger partial charge < -0.3 is 10.6 Å². The Labute approximate surface area is 155 Å². The van der Waals surface area contributed by atoms with Crippen molar-refractivity contribution < 1.29 is 4.79 Å². The molecule has 140 valence electrons. The Morgan fingerprint density at radius 3 is 2.73 bits per heavy atom. The fourth-order valence-corrected chi connectivity index (χ4v) is 3.52. The minimum absolute atomic E-state index is 0.0136. The molecule has 3 N–H and O–H groups in total. The number of hydrogen-bond acceptors (Lipinski definition) is 5. The number of aromatic nitrogens is 2. The van der Waals surface area contributed by atoms with Crippen molar-refractivity contribution in [3.05, 3.63) is 29.5 Å². The predicted octanol–water partition coefficient (Wildman–Crippen LogP) is 3.11. The lowest BCUT2D eigenvalue weighted by Crippen LogP contribution is -2.63. The van der Waals surface area contributed by atoms with Gasteiger partial charge in [0.25, 0.3) is 0 Å². The summed E-state index contributed by atoms with van der Waals surface area (Å²) in [6, 6.07) is 6.39. The summed E-state index contributed by atoms with van der Waals surface area (Å²) in [7, 11) is 0. The largest absolute Gasteiger partial charge is 0.323 e. The highest BCUT2D eigenvalue weighted by atomic mass is 16.2. The van der Waals surface area contributed by atoms with Crippen LogP contribution < -0.4 is 16.0 Å². The van der Waals surface area contributed by atoms with Gasteiger partial charge in [-0.15, -0.1) is 0 Å². The zero-order valence-corrected chi connectivity index (χ0v) is 16.1. The van der Waals surface area contributed by atoms with Crippen LogP contribution in [0.2, 0.25) is 0 Å². The first-order chi connectivity index (χ1) is 12.5. The quantitative estimate of drug-likeness (QED) is 0.742. The van der Waals surface area contributed by atoms with Crippen molar-refractivity contribution in [2.75, 3.05) is 5.32 Å². The molecule has 1 aliphatic heterocycles. The topological polar surface area (TPSA) is 78.9 Å². The van der Waals surface area contributed by atoms with Crippen molar-refractivity contribution in [2.45, 2.75) is 65.7 Å². The lowest BCUT2D eigenvalue weighted by atomic mass is 9.92. The predicted molar refractivity (Wildman–Crippen MR) is 105 cm³/mol. The summed E-state index contributed by atoms with van der Waals surface area (Å²) >= 11 is 0. The molecule has 1 saturated heterocycles. The first-order valence-electron chi connectivity index (χ1n) is 9.62. The van der Waals surface area contributed by atoms with E-state index in [1.54, 1.807) is 0 Å². The average molecular weight is 355 g/mol. The van der Waals surface area contributed by atoms with Gasteiger partial charge in [-0.2, -0.15) is 0 Å². The number of fused-ring (bicyclic) bond motifs is 1. The Morgan fingerprint density at radius 1 is 1.23 bits per heavy atom. The van der Waals surface area contributed by atoms with Gasteiger partial charge >= 0.3 is 0 Å². The van der Waals surface area contributed by atoms with Gasteiger partial charge in [-0.1, -0.05) is 32.8 Å². The van der Waals surface area contributed by atoms with Gasteiger partial charge in [0.15, 0.2) is 6.29 Å². The van der Waals surface area contributed by atoms with Crippen molar-refractivity contribution in [3.63, 3.8) is 0 Å². The van der Waals surface area contributed by atoms with E-state index in [0.717, 1.165) is 42.3 Å². The number of hydrogen-bond donors (Lipinski definition) is 3. The van der Waals surface area contributed by atoms with Crippen LogP contribution in [0.25, 0.3) is 10.9 Å². The first-order valence-corrected chi connectivity index (χ1v) is 9.62. The average Bonchev–Trinajstić information content (AvgIpc) is 2.61. The third-order valence-corrected chi connectivity index (χ3v) is 5.16. The highest BCUT2D eigenvalue weighted by Gasteiger charge is 2.33. The number of aryl methyl sites for hydroxylation is 2. The third-order valence-electron chi connectivity index (χ3n) is 5.16. The van der Waals surface area contributed by atoms with Gasteiger partial charge in [0.05, 0.1) is 17.1 Å². The van der Waals surface area contributed by atoms with Crippen LogP contribution in [-0.4, -0.2) is 28.2 Å². The van der Waals surface area contributed by atoms with E-state index >= 15 is 0 Å². The molecule has 1 amide bonds. The Balaban J connectivity index is 1.74. The zero-order chi connectivity index (χ0) is 18.7. The lowest BCUT2D eigenvalue weighted by Gasteiger charge is -2.36. The summed E-state index contributed by atoms with van der Waals surface area (Å²) in [5.41, 5.74) is 3.12. The maximum atomic E-state index is 12.4. The third kappa shape index (κ3) is 3.96. The molecule has 26 heavy (non-hydrogen) atoms. The minimum Gasteiger partial charge on any atom is -0.323 e. The second-order valence-electron chi connectivity index (χ2n) is 7.13. The fourth-order valence-electron chi connectivity index (χ4n) is 3.52. The Kier molecular flexibility index (Phi) is 5.71. The summed E-state index contributed by atoms with van der Waals surface area (Å²) in [4.78, 5) is 21.6. The van der Waals surface area contributed by atoms with Crippen LogP contribution in [0.5, 0.6) is 0 Å². The highest BCUT2D eigenvalue weighted by Crippen LogP contribution is 2.21. The highest BCUT2D eigenvalue weighted by molar-refractivity contribution is 5.83.